The molecule has 0 saturated carbocycles. The van der Waals surface area contributed by atoms with E-state index in [2.05, 4.69) is 30.7 Å². The Morgan fingerprint density at radius 1 is 1.56 bits per heavy atom. The van der Waals surface area contributed by atoms with Crippen molar-refractivity contribution in [2.24, 2.45) is 0 Å². The summed E-state index contributed by atoms with van der Waals surface area (Å²) in [6, 6.07) is 0.0580. The number of aromatic nitrogens is 4. The molecule has 1 atom stereocenters. The fraction of sp³-hybridized carbons (Fsp3) is 0.400. The van der Waals surface area contributed by atoms with Crippen LogP contribution in [0.5, 0.6) is 0 Å². The summed E-state index contributed by atoms with van der Waals surface area (Å²) in [6.07, 6.45) is 5.17. The van der Waals surface area contributed by atoms with Gasteiger partial charge in [0.15, 0.2) is 0 Å². The minimum absolute atomic E-state index is 0.00935. The lowest BCUT2D eigenvalue weighted by atomic mass is 10.2. The minimum atomic E-state index is -0.446. The Bertz CT molecular complexity index is 528. The van der Waals surface area contributed by atoms with Gasteiger partial charge in [0.05, 0.1) is 6.04 Å². The van der Waals surface area contributed by atoms with Crippen molar-refractivity contribution in [3.05, 3.63) is 24.1 Å². The van der Waals surface area contributed by atoms with Crippen LogP contribution in [0.25, 0.3) is 0 Å². The molecule has 0 aliphatic carbocycles. The molecule has 0 bridgehead atoms. The van der Waals surface area contributed by atoms with Crippen LogP contribution in [0.15, 0.2) is 16.9 Å². The molecule has 1 aliphatic rings. The number of carbonyl (C=O) groups is 1. The lowest BCUT2D eigenvalue weighted by Gasteiger charge is -2.01. The van der Waals surface area contributed by atoms with Crippen LogP contribution < -0.4 is 10.6 Å². The molecule has 3 heterocycles. The van der Waals surface area contributed by atoms with Crippen LogP contribution in [-0.2, 0) is 0 Å². The van der Waals surface area contributed by atoms with E-state index in [1.807, 2.05) is 0 Å². The van der Waals surface area contributed by atoms with E-state index >= 15 is 0 Å². The maximum Gasteiger partial charge on any atom is 0.299 e. The van der Waals surface area contributed by atoms with Crippen molar-refractivity contribution < 1.29 is 9.32 Å². The summed E-state index contributed by atoms with van der Waals surface area (Å²) in [5.41, 5.74) is 0. The lowest BCUT2D eigenvalue weighted by Crippen LogP contribution is -2.16. The number of carbonyl (C=O) groups excluding carboxylic acids is 1. The molecule has 1 fully saturated rings. The average molecular weight is 248 g/mol. The zero-order valence-electron chi connectivity index (χ0n) is 9.51. The Hall–Kier alpha value is -2.22. The predicted molar refractivity (Wildman–Crippen MR) is 60.8 cm³/mol. The van der Waals surface area contributed by atoms with E-state index in [0.717, 1.165) is 19.4 Å². The smallest absolute Gasteiger partial charge is 0.299 e. The number of nitrogens with one attached hydrogen (secondary N) is 3. The molecule has 18 heavy (non-hydrogen) atoms. The normalized spacial score (nSPS) is 19.0. The van der Waals surface area contributed by atoms with E-state index in [9.17, 15) is 4.79 Å². The zero-order valence-corrected chi connectivity index (χ0v) is 9.51. The standard InChI is InChI=1S/C10H12N6O2/c17-8(15-10-12-4-5-13-10)7-14-9(18-16-7)6-2-1-3-11-6/h4-6,11H,1-3H2,(H2,12,13,15,17). The molecular formula is C10H12N6O2. The minimum Gasteiger partial charge on any atom is -0.337 e. The van der Waals surface area contributed by atoms with E-state index in [1.54, 1.807) is 12.4 Å². The van der Waals surface area contributed by atoms with E-state index in [4.69, 9.17) is 4.52 Å². The largest absolute Gasteiger partial charge is 0.337 e. The quantitative estimate of drug-likeness (QED) is 0.728. The van der Waals surface area contributed by atoms with E-state index in [1.165, 1.54) is 0 Å². The second kappa shape index (κ2) is 4.57. The number of imidazole rings is 1. The van der Waals surface area contributed by atoms with Gasteiger partial charge in [-0.25, -0.2) is 4.98 Å². The van der Waals surface area contributed by atoms with Gasteiger partial charge in [-0.3, -0.25) is 10.1 Å². The number of anilines is 1. The Morgan fingerprint density at radius 3 is 3.22 bits per heavy atom. The van der Waals surface area contributed by atoms with Crippen molar-refractivity contribution in [3.63, 3.8) is 0 Å². The second-order valence-corrected chi connectivity index (χ2v) is 4.00. The number of nitrogens with zero attached hydrogens (tertiary/aromatic N) is 3. The summed E-state index contributed by atoms with van der Waals surface area (Å²) >= 11 is 0. The highest BCUT2D eigenvalue weighted by Crippen LogP contribution is 2.21. The first kappa shape index (κ1) is 10.9. The molecule has 0 aromatic carbocycles. The van der Waals surface area contributed by atoms with E-state index in [-0.39, 0.29) is 11.9 Å². The summed E-state index contributed by atoms with van der Waals surface area (Å²) in [5.74, 6) is 0.371. The highest BCUT2D eigenvalue weighted by Gasteiger charge is 2.24. The SMILES string of the molecule is O=C(Nc1ncc[nH]1)c1noc(C2CCCN2)n1. The van der Waals surface area contributed by atoms with Gasteiger partial charge >= 0.3 is 0 Å². The highest BCUT2D eigenvalue weighted by molar-refractivity contribution is 6.00. The van der Waals surface area contributed by atoms with Gasteiger partial charge in [-0.2, -0.15) is 4.98 Å². The second-order valence-electron chi connectivity index (χ2n) is 4.00. The van der Waals surface area contributed by atoms with Crippen LogP contribution in [0.2, 0.25) is 0 Å². The molecule has 3 N–H and O–H groups in total. The van der Waals surface area contributed by atoms with Crippen molar-refractivity contribution >= 4 is 11.9 Å². The predicted octanol–water partition coefficient (Wildman–Crippen LogP) is 0.469. The Labute approximate surface area is 102 Å². The molecular weight excluding hydrogens is 236 g/mol. The van der Waals surface area contributed by atoms with Gasteiger partial charge in [0.1, 0.15) is 0 Å². The summed E-state index contributed by atoms with van der Waals surface area (Å²) in [4.78, 5) is 22.5. The molecule has 0 spiro atoms. The molecule has 2 aromatic rings. The molecule has 2 aromatic heterocycles. The molecule has 1 saturated heterocycles. The zero-order chi connectivity index (χ0) is 12.4. The van der Waals surface area contributed by atoms with Gasteiger partial charge in [-0.05, 0) is 19.4 Å². The van der Waals surface area contributed by atoms with Crippen LogP contribution in [0.4, 0.5) is 5.95 Å². The van der Waals surface area contributed by atoms with Crippen molar-refractivity contribution in [1.82, 2.24) is 25.4 Å². The van der Waals surface area contributed by atoms with Crippen molar-refractivity contribution in [1.29, 1.82) is 0 Å². The lowest BCUT2D eigenvalue weighted by molar-refractivity contribution is 0.101. The van der Waals surface area contributed by atoms with Gasteiger partial charge in [0, 0.05) is 12.4 Å². The summed E-state index contributed by atoms with van der Waals surface area (Å²) < 4.78 is 5.07. The maximum absolute atomic E-state index is 11.8. The van der Waals surface area contributed by atoms with Gasteiger partial charge in [0.25, 0.3) is 11.7 Å². The fourth-order valence-electron chi connectivity index (χ4n) is 1.86. The van der Waals surface area contributed by atoms with Gasteiger partial charge in [-0.15, -0.1) is 0 Å². The van der Waals surface area contributed by atoms with Crippen molar-refractivity contribution in [2.75, 3.05) is 11.9 Å². The maximum atomic E-state index is 11.8. The number of hydrogen-bond donors (Lipinski definition) is 3. The van der Waals surface area contributed by atoms with E-state index < -0.39 is 5.91 Å². The van der Waals surface area contributed by atoms with Crippen LogP contribution in [0, 0.1) is 0 Å². The number of rotatable bonds is 3. The first-order valence-electron chi connectivity index (χ1n) is 5.70. The van der Waals surface area contributed by atoms with Crippen molar-refractivity contribution in [3.8, 4) is 0 Å². The monoisotopic (exact) mass is 248 g/mol. The van der Waals surface area contributed by atoms with Gasteiger partial charge < -0.3 is 14.8 Å². The Balaban J connectivity index is 1.70. The molecule has 8 heteroatoms. The molecule has 8 nitrogen and oxygen atoms in total. The molecule has 1 amide bonds. The third-order valence-corrected chi connectivity index (χ3v) is 2.73. The van der Waals surface area contributed by atoms with Crippen LogP contribution in [0.3, 0.4) is 0 Å². The number of amides is 1. The molecule has 1 aliphatic heterocycles. The molecule has 3 rings (SSSR count). The molecule has 0 radical (unpaired) electrons. The summed E-state index contributed by atoms with van der Waals surface area (Å²) in [5, 5.41) is 9.42. The van der Waals surface area contributed by atoms with Crippen LogP contribution in [-0.4, -0.2) is 32.6 Å². The Morgan fingerprint density at radius 2 is 2.50 bits per heavy atom. The third-order valence-electron chi connectivity index (χ3n) is 2.73. The first-order chi connectivity index (χ1) is 8.83. The number of hydrogen-bond acceptors (Lipinski definition) is 6. The van der Waals surface area contributed by atoms with Gasteiger partial charge in [-0.1, -0.05) is 5.16 Å². The number of aromatic amines is 1. The van der Waals surface area contributed by atoms with Crippen LogP contribution in [0.1, 0.15) is 35.4 Å². The topological polar surface area (TPSA) is 109 Å². The van der Waals surface area contributed by atoms with Gasteiger partial charge in [0.2, 0.25) is 11.8 Å². The van der Waals surface area contributed by atoms with E-state index in [0.29, 0.717) is 11.8 Å². The highest BCUT2D eigenvalue weighted by atomic mass is 16.5. The summed E-state index contributed by atoms with van der Waals surface area (Å²) in [7, 11) is 0. The Kier molecular flexibility index (Phi) is 2.77. The molecule has 1 unspecified atom stereocenters. The third kappa shape index (κ3) is 2.09. The average Bonchev–Trinajstić information content (AvgIpc) is 3.11. The van der Waals surface area contributed by atoms with Crippen molar-refractivity contribution in [2.45, 2.75) is 18.9 Å². The number of H-pyrrole nitrogens is 1. The van der Waals surface area contributed by atoms with Crippen LogP contribution >= 0.6 is 0 Å². The fourth-order valence-corrected chi connectivity index (χ4v) is 1.86. The molecule has 94 valence electrons. The summed E-state index contributed by atoms with van der Waals surface area (Å²) in [6.45, 7) is 0.932. The first-order valence-corrected chi connectivity index (χ1v) is 5.70.